The Bertz CT molecular complexity index is 9.52. The van der Waals surface area contributed by atoms with Crippen LogP contribution in [0, 0.1) is 0 Å². The van der Waals surface area contributed by atoms with Crippen molar-refractivity contribution in [1.29, 1.82) is 0 Å². The van der Waals surface area contributed by atoms with Gasteiger partial charge in [-0.05, 0) is 0 Å². The van der Waals surface area contributed by atoms with Crippen molar-refractivity contribution < 1.29 is 1.43 Å². The third-order valence-electron chi connectivity index (χ3n) is 0. The molecule has 0 unspecified atom stereocenters. The van der Waals surface area contributed by atoms with Crippen LogP contribution in [-0.4, -0.2) is 8.41 Å². The predicted octanol–water partition coefficient (Wildman–Crippen LogP) is 4.61. The van der Waals surface area contributed by atoms with Crippen LogP contribution in [-0.2, 0) is 0 Å². The maximum Gasteiger partial charge on any atom is 0 e. The largest absolute Gasteiger partial charge is 0.0776 e. The van der Waals surface area contributed by atoms with E-state index in [1.165, 1.54) is 0 Å². The zero-order valence-electron chi connectivity index (χ0n) is 8.58. The van der Waals surface area contributed by atoms with E-state index in [2.05, 4.69) is 0 Å². The van der Waals surface area contributed by atoms with E-state index in [0.717, 1.165) is 0 Å². The third-order valence-corrected chi connectivity index (χ3v) is 0. The summed E-state index contributed by atoms with van der Waals surface area (Å²) in [6.07, 6.45) is 0. The molecule has 0 saturated carbocycles. The van der Waals surface area contributed by atoms with Crippen molar-refractivity contribution in [3.05, 3.63) is 0 Å². The molecule has 0 atom stereocenters. The Labute approximate surface area is 73.5 Å². The molecule has 0 aliphatic carbocycles. The van der Waals surface area contributed by atoms with Crippen molar-refractivity contribution >= 4 is 8.41 Å². The van der Waals surface area contributed by atoms with E-state index in [1.54, 1.807) is 0 Å². The van der Waals surface area contributed by atoms with Crippen LogP contribution in [0.4, 0.5) is 0 Å². The van der Waals surface area contributed by atoms with E-state index in [1.807, 2.05) is 55.4 Å². The molecule has 0 fully saturated rings. The van der Waals surface area contributed by atoms with Gasteiger partial charge in [0.2, 0.25) is 0 Å². The maximum atomic E-state index is 2.00. The Morgan fingerprint density at radius 2 is 0.500 bits per heavy atom. The Balaban J connectivity index is -0.00000000356. The number of rotatable bonds is 0. The first kappa shape index (κ1) is 50.1. The van der Waals surface area contributed by atoms with Gasteiger partial charge in [0.1, 0.15) is 0 Å². The average Bonchev–Trinajstić information content (AvgIpc) is 2.03. The lowest BCUT2D eigenvalue weighted by Crippen LogP contribution is -0.856. The van der Waals surface area contributed by atoms with Crippen LogP contribution in [0.2, 0.25) is 0 Å². The first-order valence-corrected chi connectivity index (χ1v) is 4.00. The first-order chi connectivity index (χ1) is 4.00. The van der Waals surface area contributed by atoms with Gasteiger partial charge in [-0.1, -0.05) is 62.8 Å². The molecule has 1 heteroatoms. The molecular formula is C9H30B. The monoisotopic (exact) mass is 150 g/mol. The Hall–Kier alpha value is 0.0649. The van der Waals surface area contributed by atoms with Gasteiger partial charge < -0.3 is 0 Å². The summed E-state index contributed by atoms with van der Waals surface area (Å²) >= 11 is 0. The Morgan fingerprint density at radius 1 is 0.500 bits per heavy atom. The van der Waals surface area contributed by atoms with E-state index >= 15 is 0 Å². The van der Waals surface area contributed by atoms with Crippen LogP contribution >= 0.6 is 0 Å². The predicted molar refractivity (Wildman–Crippen MR) is 60.0 cm³/mol. The normalized spacial score (nSPS) is 2.40. The second-order valence-corrected chi connectivity index (χ2v) is 0. The zero-order chi connectivity index (χ0) is 8.00. The number of hydrogen-bond donors (Lipinski definition) is 0. The summed E-state index contributed by atoms with van der Waals surface area (Å²) in [5.41, 5.74) is 0. The van der Waals surface area contributed by atoms with Crippen LogP contribution in [0.1, 0.15) is 64.2 Å². The highest BCUT2D eigenvalue weighted by Gasteiger charge is 0.938. The van der Waals surface area contributed by atoms with Gasteiger partial charge in [0.05, 0.1) is 0 Å². The highest BCUT2D eigenvalue weighted by atomic mass is 13.0. The third kappa shape index (κ3) is 95500. The Morgan fingerprint density at radius 3 is 0.500 bits per heavy atom. The van der Waals surface area contributed by atoms with Gasteiger partial charge in [-0.2, -0.15) is 0 Å². The maximum absolute atomic E-state index is 2.00. The van der Waals surface area contributed by atoms with Crippen LogP contribution in [0.5, 0.6) is 0 Å². The molecule has 0 N–H and O–H groups in total. The van der Waals surface area contributed by atoms with Gasteiger partial charge in [0.15, 0.2) is 0 Å². The lowest BCUT2D eigenvalue weighted by atomic mass is 10.8. The smallest absolute Gasteiger partial charge is 0 e. The average molecular weight is 150 g/mol. The summed E-state index contributed by atoms with van der Waals surface area (Å²) in [4.78, 5) is 0. The molecule has 0 aromatic rings. The molecule has 0 aliphatic rings. The number of hydrogen-bond acceptors (Lipinski definition) is 0. The van der Waals surface area contributed by atoms with Crippen LogP contribution in [0.3, 0.4) is 0 Å². The fourth-order valence-electron chi connectivity index (χ4n) is 0. The lowest BCUT2D eigenvalue weighted by molar-refractivity contribution is 1.50. The van der Waals surface area contributed by atoms with Crippen molar-refractivity contribution in [2.45, 2.75) is 62.8 Å². The summed E-state index contributed by atoms with van der Waals surface area (Å²) in [5.74, 6) is 0. The molecule has 0 aromatic carbocycles. The minimum absolute atomic E-state index is 0. The summed E-state index contributed by atoms with van der Waals surface area (Å²) in [6.45, 7) is 16.0. The summed E-state index contributed by atoms with van der Waals surface area (Å²) in [7, 11) is 0. The van der Waals surface area contributed by atoms with E-state index in [-0.39, 0.29) is 17.3 Å². The van der Waals surface area contributed by atoms with E-state index in [0.29, 0.717) is 0 Å². The van der Waals surface area contributed by atoms with Gasteiger partial charge in [0, 0.05) is 9.84 Å². The van der Waals surface area contributed by atoms with E-state index in [9.17, 15) is 0 Å². The minimum Gasteiger partial charge on any atom is -0.0776 e. The van der Waals surface area contributed by atoms with Crippen molar-refractivity contribution in [3.8, 4) is 0 Å². The molecule has 0 spiro atoms. The highest BCUT2D eigenvalue weighted by Crippen LogP contribution is 1.15. The first-order valence-electron chi connectivity index (χ1n) is 4.00. The van der Waals surface area contributed by atoms with E-state index in [4.69, 9.17) is 0 Å². The van der Waals surface area contributed by atoms with Gasteiger partial charge in [-0.3, -0.25) is 0 Å². The topological polar surface area (TPSA) is 0 Å². The summed E-state index contributed by atoms with van der Waals surface area (Å²) in [5, 5.41) is 0. The fraction of sp³-hybridized carbons (Fsp3) is 1.00. The zero-order valence-corrected chi connectivity index (χ0v) is 8.58. The van der Waals surface area contributed by atoms with Crippen LogP contribution < -0.4 is 0 Å². The van der Waals surface area contributed by atoms with Gasteiger partial charge in [0.25, 0.3) is 0 Å². The van der Waals surface area contributed by atoms with Crippen molar-refractivity contribution in [3.63, 3.8) is 0 Å². The SMILES string of the molecule is C.CC.CC.CC.CC.[2HH].[B]. The fourth-order valence-corrected chi connectivity index (χ4v) is 0. The highest BCUT2D eigenvalue weighted by molar-refractivity contribution is 5.75. The molecule has 0 aliphatic heterocycles. The lowest BCUT2D eigenvalue weighted by Gasteiger charge is -1.07. The van der Waals surface area contributed by atoms with E-state index < -0.39 is 0 Å². The Kier molecular flexibility index (Phi) is 700000. The van der Waals surface area contributed by atoms with Gasteiger partial charge >= 0.3 is 0 Å². The summed E-state index contributed by atoms with van der Waals surface area (Å²) < 4.78 is 0. The van der Waals surface area contributed by atoms with Crippen LogP contribution in [0.15, 0.2) is 0 Å². The van der Waals surface area contributed by atoms with Gasteiger partial charge in [-0.15, -0.1) is 0 Å². The molecule has 0 aromatic heterocycles. The van der Waals surface area contributed by atoms with Crippen molar-refractivity contribution in [2.75, 3.05) is 0 Å². The summed E-state index contributed by atoms with van der Waals surface area (Å²) in [6, 6.07) is 0. The van der Waals surface area contributed by atoms with Crippen LogP contribution in [0.25, 0.3) is 0 Å². The molecule has 0 saturated heterocycles. The minimum atomic E-state index is 0. The quantitative estimate of drug-likeness (QED) is 0.442. The molecule has 69 valence electrons. The second-order valence-electron chi connectivity index (χ2n) is 0. The molecule has 3 radical (unpaired) electrons. The molecule has 0 rings (SSSR count). The molecular weight excluding hydrogens is 119 g/mol. The van der Waals surface area contributed by atoms with Gasteiger partial charge in [-0.25, -0.2) is 0 Å². The molecule has 0 amide bonds. The molecule has 0 heterocycles. The van der Waals surface area contributed by atoms with Crippen molar-refractivity contribution in [1.82, 2.24) is 0 Å². The molecule has 0 nitrogen and oxygen atoms in total. The van der Waals surface area contributed by atoms with Crippen molar-refractivity contribution in [2.24, 2.45) is 0 Å². The molecule has 10 heavy (non-hydrogen) atoms. The standard InChI is InChI=1S/4C2H6.CH4.B.H2/c4*1-2;;;/h4*1-2H3;1H4;;1H/i;;;;;;1+1. The molecule has 0 bridgehead atoms. The second kappa shape index (κ2) is 140000.